The smallest absolute Gasteiger partial charge is 0.230 e. The molecule has 1 aromatic carbocycles. The summed E-state index contributed by atoms with van der Waals surface area (Å²) in [6, 6.07) is 7.41. The van der Waals surface area contributed by atoms with E-state index in [1.807, 2.05) is 50.4 Å². The fourth-order valence-corrected chi connectivity index (χ4v) is 2.60. The van der Waals surface area contributed by atoms with Crippen LogP contribution in [0.1, 0.15) is 30.1 Å². The van der Waals surface area contributed by atoms with Crippen molar-refractivity contribution in [3.8, 4) is 0 Å². The molecule has 2 aromatic rings. The maximum atomic E-state index is 12.4. The molecule has 2 rings (SSSR count). The van der Waals surface area contributed by atoms with Crippen LogP contribution in [-0.4, -0.2) is 10.9 Å². The van der Waals surface area contributed by atoms with Crippen LogP contribution in [0.5, 0.6) is 0 Å². The summed E-state index contributed by atoms with van der Waals surface area (Å²) in [6.45, 7) is 6.22. The van der Waals surface area contributed by atoms with Crippen molar-refractivity contribution in [3.05, 3.63) is 45.9 Å². The molecule has 0 unspecified atom stereocenters. The molecule has 0 bridgehead atoms. The predicted octanol–water partition coefficient (Wildman–Crippen LogP) is 2.63. The van der Waals surface area contributed by atoms with E-state index in [9.17, 15) is 4.79 Å². The van der Waals surface area contributed by atoms with Gasteiger partial charge in [0.15, 0.2) is 0 Å². The van der Waals surface area contributed by atoms with Gasteiger partial charge in [-0.15, -0.1) is 11.3 Å². The molecule has 0 saturated carbocycles. The van der Waals surface area contributed by atoms with Crippen LogP contribution in [-0.2, 0) is 16.8 Å². The first kappa shape index (κ1) is 14.5. The molecule has 4 nitrogen and oxygen atoms in total. The van der Waals surface area contributed by atoms with E-state index < -0.39 is 5.41 Å². The van der Waals surface area contributed by atoms with Crippen molar-refractivity contribution in [2.75, 3.05) is 5.73 Å². The Morgan fingerprint density at radius 3 is 2.55 bits per heavy atom. The van der Waals surface area contributed by atoms with Gasteiger partial charge in [-0.1, -0.05) is 12.1 Å². The van der Waals surface area contributed by atoms with Crippen LogP contribution >= 0.6 is 11.3 Å². The summed E-state index contributed by atoms with van der Waals surface area (Å²) in [4.78, 5) is 16.7. The summed E-state index contributed by atoms with van der Waals surface area (Å²) in [5.74, 6) is -0.0184. The lowest BCUT2D eigenvalue weighted by Gasteiger charge is -2.24. The van der Waals surface area contributed by atoms with Crippen molar-refractivity contribution in [2.24, 2.45) is 0 Å². The third kappa shape index (κ3) is 3.17. The van der Waals surface area contributed by atoms with Crippen molar-refractivity contribution in [3.63, 3.8) is 0 Å². The Hall–Kier alpha value is -1.88. The summed E-state index contributed by atoms with van der Waals surface area (Å²) in [5, 5.41) is 5.84. The van der Waals surface area contributed by atoms with Gasteiger partial charge in [0.1, 0.15) is 5.01 Å². The lowest BCUT2D eigenvalue weighted by atomic mass is 9.83. The van der Waals surface area contributed by atoms with Gasteiger partial charge in [0.2, 0.25) is 5.91 Å². The fraction of sp³-hybridized carbons (Fsp3) is 0.333. The highest BCUT2D eigenvalue weighted by molar-refractivity contribution is 7.09. The van der Waals surface area contributed by atoms with Crippen LogP contribution in [0.25, 0.3) is 0 Å². The number of carbonyl (C=O) groups is 1. The third-order valence-corrected chi connectivity index (χ3v) is 4.23. The van der Waals surface area contributed by atoms with E-state index >= 15 is 0 Å². The molecule has 0 atom stereocenters. The highest BCUT2D eigenvalue weighted by atomic mass is 32.1. The topological polar surface area (TPSA) is 68.0 Å². The number of nitrogens with one attached hydrogen (secondary N) is 1. The van der Waals surface area contributed by atoms with Crippen LogP contribution in [0.4, 0.5) is 5.69 Å². The van der Waals surface area contributed by atoms with Gasteiger partial charge >= 0.3 is 0 Å². The van der Waals surface area contributed by atoms with Gasteiger partial charge in [-0.25, -0.2) is 4.98 Å². The number of benzene rings is 1. The molecule has 20 heavy (non-hydrogen) atoms. The van der Waals surface area contributed by atoms with Gasteiger partial charge in [0.25, 0.3) is 0 Å². The molecule has 0 radical (unpaired) electrons. The molecule has 3 N–H and O–H groups in total. The van der Waals surface area contributed by atoms with E-state index in [0.717, 1.165) is 16.3 Å². The Bertz CT molecular complexity index is 602. The molecular formula is C15H19N3OS. The number of rotatable bonds is 4. The monoisotopic (exact) mass is 289 g/mol. The average molecular weight is 289 g/mol. The minimum atomic E-state index is -0.597. The first-order valence-corrected chi connectivity index (χ1v) is 7.33. The number of nitrogens with two attached hydrogens (primary N) is 1. The number of carbonyl (C=O) groups excluding carboxylic acids is 1. The Labute approximate surface area is 123 Å². The van der Waals surface area contributed by atoms with Gasteiger partial charge in [0.05, 0.1) is 12.0 Å². The second kappa shape index (κ2) is 5.63. The molecule has 106 valence electrons. The molecule has 0 spiro atoms. The Kier molecular flexibility index (Phi) is 4.09. The number of thiazole rings is 1. The van der Waals surface area contributed by atoms with Crippen molar-refractivity contribution in [1.82, 2.24) is 10.3 Å². The SMILES string of the molecule is Cc1csc(CNC(=O)C(C)(C)c2ccc(N)cc2)n1. The molecule has 0 fully saturated rings. The number of nitrogen functional groups attached to an aromatic ring is 1. The first-order chi connectivity index (χ1) is 9.39. The largest absolute Gasteiger partial charge is 0.399 e. The molecular weight excluding hydrogens is 270 g/mol. The van der Waals surface area contributed by atoms with E-state index in [0.29, 0.717) is 12.2 Å². The molecule has 1 amide bonds. The molecule has 1 aromatic heterocycles. The highest BCUT2D eigenvalue weighted by Crippen LogP contribution is 2.24. The number of anilines is 1. The second-order valence-electron chi connectivity index (χ2n) is 5.31. The Morgan fingerprint density at radius 2 is 2.00 bits per heavy atom. The molecule has 0 aliphatic heterocycles. The predicted molar refractivity (Wildman–Crippen MR) is 82.6 cm³/mol. The van der Waals surface area contributed by atoms with Gasteiger partial charge in [-0.2, -0.15) is 0 Å². The fourth-order valence-electron chi connectivity index (χ4n) is 1.89. The number of hydrogen-bond acceptors (Lipinski definition) is 4. The maximum Gasteiger partial charge on any atom is 0.230 e. The lowest BCUT2D eigenvalue weighted by molar-refractivity contribution is -0.125. The van der Waals surface area contributed by atoms with Crippen LogP contribution in [0, 0.1) is 6.92 Å². The number of nitrogens with zero attached hydrogens (tertiary/aromatic N) is 1. The number of amides is 1. The molecule has 5 heteroatoms. The normalized spacial score (nSPS) is 11.3. The molecule has 0 aliphatic carbocycles. The van der Waals surface area contributed by atoms with Gasteiger partial charge in [-0.3, -0.25) is 4.79 Å². The van der Waals surface area contributed by atoms with Gasteiger partial charge in [-0.05, 0) is 38.5 Å². The zero-order valence-electron chi connectivity index (χ0n) is 11.9. The summed E-state index contributed by atoms with van der Waals surface area (Å²) in [6.07, 6.45) is 0. The Morgan fingerprint density at radius 1 is 1.35 bits per heavy atom. The van der Waals surface area contributed by atoms with Crippen LogP contribution < -0.4 is 11.1 Å². The van der Waals surface area contributed by atoms with E-state index in [1.165, 1.54) is 0 Å². The number of hydrogen-bond donors (Lipinski definition) is 2. The summed E-state index contributed by atoms with van der Waals surface area (Å²) in [5.41, 5.74) is 7.70. The lowest BCUT2D eigenvalue weighted by Crippen LogP contribution is -2.39. The first-order valence-electron chi connectivity index (χ1n) is 6.45. The van der Waals surface area contributed by atoms with Crippen molar-refractivity contribution in [1.29, 1.82) is 0 Å². The summed E-state index contributed by atoms with van der Waals surface area (Å²) >= 11 is 1.56. The quantitative estimate of drug-likeness (QED) is 0.850. The molecule has 0 saturated heterocycles. The van der Waals surface area contributed by atoms with Crippen LogP contribution in [0.2, 0.25) is 0 Å². The Balaban J connectivity index is 2.05. The minimum absolute atomic E-state index is 0.0184. The van der Waals surface area contributed by atoms with E-state index in [1.54, 1.807) is 11.3 Å². The second-order valence-corrected chi connectivity index (χ2v) is 6.25. The highest BCUT2D eigenvalue weighted by Gasteiger charge is 2.29. The number of aryl methyl sites for hydroxylation is 1. The van der Waals surface area contributed by atoms with Gasteiger partial charge < -0.3 is 11.1 Å². The summed E-state index contributed by atoms with van der Waals surface area (Å²) in [7, 11) is 0. The van der Waals surface area contributed by atoms with E-state index in [2.05, 4.69) is 10.3 Å². The van der Waals surface area contributed by atoms with Crippen LogP contribution in [0.3, 0.4) is 0 Å². The minimum Gasteiger partial charge on any atom is -0.399 e. The maximum absolute atomic E-state index is 12.4. The summed E-state index contributed by atoms with van der Waals surface area (Å²) < 4.78 is 0. The van der Waals surface area contributed by atoms with Gasteiger partial charge in [0, 0.05) is 16.8 Å². The zero-order chi connectivity index (χ0) is 14.8. The van der Waals surface area contributed by atoms with Crippen molar-refractivity contribution in [2.45, 2.75) is 32.7 Å². The van der Waals surface area contributed by atoms with Crippen molar-refractivity contribution >= 4 is 22.9 Å². The third-order valence-electron chi connectivity index (χ3n) is 3.27. The van der Waals surface area contributed by atoms with Crippen LogP contribution in [0.15, 0.2) is 29.6 Å². The average Bonchev–Trinajstić information content (AvgIpc) is 2.82. The van der Waals surface area contributed by atoms with E-state index in [4.69, 9.17) is 5.73 Å². The van der Waals surface area contributed by atoms with Crippen molar-refractivity contribution < 1.29 is 4.79 Å². The number of aromatic nitrogens is 1. The standard InChI is InChI=1S/C15H19N3OS/c1-10-9-20-13(18-10)8-17-14(19)15(2,3)11-4-6-12(16)7-5-11/h4-7,9H,8,16H2,1-3H3,(H,17,19). The van der Waals surface area contributed by atoms with E-state index in [-0.39, 0.29) is 5.91 Å². The molecule has 1 heterocycles. The zero-order valence-corrected chi connectivity index (χ0v) is 12.8. The molecule has 0 aliphatic rings.